The summed E-state index contributed by atoms with van der Waals surface area (Å²) in [6, 6.07) is 0. The maximum atomic E-state index is 12.9. The van der Waals surface area contributed by atoms with E-state index in [1.807, 2.05) is 21.1 Å². The Balaban J connectivity index is 3.90. The van der Waals surface area contributed by atoms with Crippen LogP contribution in [0.4, 0.5) is 0 Å². The van der Waals surface area contributed by atoms with Gasteiger partial charge >= 0.3 is 19.8 Å². The number of carbonyl (C=O) groups is 2. The number of carbonyl (C=O) groups excluding carboxylic acids is 2. The van der Waals surface area contributed by atoms with Crippen molar-refractivity contribution in [3.63, 3.8) is 0 Å². The molecule has 0 saturated carbocycles. The lowest BCUT2D eigenvalue weighted by Gasteiger charge is -2.24. The van der Waals surface area contributed by atoms with Gasteiger partial charge in [-0.25, -0.2) is 4.57 Å². The van der Waals surface area contributed by atoms with Gasteiger partial charge in [-0.05, 0) is 44.9 Å². The molecule has 0 heterocycles. The lowest BCUT2D eigenvalue weighted by molar-refractivity contribution is -0.870. The van der Waals surface area contributed by atoms with Crippen LogP contribution in [0.25, 0.3) is 0 Å². The zero-order valence-corrected chi connectivity index (χ0v) is 59.2. The van der Waals surface area contributed by atoms with Crippen LogP contribution in [0.3, 0.4) is 0 Å². The van der Waals surface area contributed by atoms with Crippen LogP contribution in [-0.4, -0.2) is 74.9 Å². The zero-order valence-electron chi connectivity index (χ0n) is 58.3. The zero-order chi connectivity index (χ0) is 62.6. The van der Waals surface area contributed by atoms with E-state index in [0.29, 0.717) is 23.9 Å². The number of hydrogen-bond acceptors (Lipinski definition) is 7. The molecule has 0 amide bonds. The van der Waals surface area contributed by atoms with Crippen molar-refractivity contribution in [2.45, 2.75) is 405 Å². The molecule has 0 aliphatic rings. The van der Waals surface area contributed by atoms with Crippen LogP contribution in [0.1, 0.15) is 399 Å². The van der Waals surface area contributed by atoms with Crippen LogP contribution in [0.2, 0.25) is 0 Å². The van der Waals surface area contributed by atoms with Crippen molar-refractivity contribution >= 4 is 19.8 Å². The number of ether oxygens (including phenoxy) is 2. The highest BCUT2D eigenvalue weighted by atomic mass is 31.2. The lowest BCUT2D eigenvalue weighted by Crippen LogP contribution is -2.37. The van der Waals surface area contributed by atoms with Gasteiger partial charge in [-0.2, -0.15) is 0 Å². The number of esters is 2. The van der Waals surface area contributed by atoms with Gasteiger partial charge in [-0.15, -0.1) is 0 Å². The molecule has 1 N–H and O–H groups in total. The number of rotatable bonds is 72. The number of hydrogen-bond donors (Lipinski definition) is 1. The molecule has 2 atom stereocenters. The number of likely N-dealkylation sites (N-methyl/N-ethyl adjacent to an activating group) is 1. The molecule has 0 spiro atoms. The summed E-state index contributed by atoms with van der Waals surface area (Å²) in [5, 5.41) is 0. The second-order valence-corrected chi connectivity index (χ2v) is 28.9. The van der Waals surface area contributed by atoms with E-state index in [0.717, 1.165) is 38.5 Å². The molecule has 2 unspecified atom stereocenters. The SMILES string of the molecule is CCCCCCC/C=C\C/C=C\CCCCCCCCCCCCCCCC(=O)OC(COC(=O)CCCCCCCCCCCCCCCCCCCCCCCCCCCCCCCCCCCCCCC)COP(=O)(O)OCC[N+](C)(C)C. The first-order chi connectivity index (χ1) is 42.0. The van der Waals surface area contributed by atoms with Gasteiger partial charge in [0, 0.05) is 12.8 Å². The molecule has 0 bridgehead atoms. The maximum absolute atomic E-state index is 12.9. The van der Waals surface area contributed by atoms with Crippen molar-refractivity contribution in [1.29, 1.82) is 0 Å². The smallest absolute Gasteiger partial charge is 0.462 e. The minimum absolute atomic E-state index is 0.0348. The molecule has 0 radical (unpaired) electrons. The Morgan fingerprint density at radius 2 is 0.628 bits per heavy atom. The Morgan fingerprint density at radius 3 is 0.919 bits per heavy atom. The predicted molar refractivity (Wildman–Crippen MR) is 372 cm³/mol. The fourth-order valence-electron chi connectivity index (χ4n) is 11.6. The van der Waals surface area contributed by atoms with Crippen molar-refractivity contribution in [2.24, 2.45) is 0 Å². The average molecular weight is 1240 g/mol. The summed E-state index contributed by atoms with van der Waals surface area (Å²) in [6.45, 7) is 4.50. The summed E-state index contributed by atoms with van der Waals surface area (Å²) in [4.78, 5) is 35.9. The number of quaternary nitrogens is 1. The van der Waals surface area contributed by atoms with Crippen molar-refractivity contribution in [1.82, 2.24) is 0 Å². The summed E-state index contributed by atoms with van der Waals surface area (Å²) in [6.07, 6.45) is 86.1. The second-order valence-electron chi connectivity index (χ2n) is 27.4. The first-order valence-electron chi connectivity index (χ1n) is 38.1. The monoisotopic (exact) mass is 1240 g/mol. The highest BCUT2D eigenvalue weighted by Crippen LogP contribution is 2.43. The quantitative estimate of drug-likeness (QED) is 0.0211. The van der Waals surface area contributed by atoms with E-state index in [4.69, 9.17) is 18.5 Å². The average Bonchev–Trinajstić information content (AvgIpc) is 3.70. The third-order valence-corrected chi connectivity index (χ3v) is 18.5. The van der Waals surface area contributed by atoms with Crippen molar-refractivity contribution in [3.05, 3.63) is 24.3 Å². The van der Waals surface area contributed by atoms with Crippen LogP contribution in [-0.2, 0) is 32.7 Å². The first kappa shape index (κ1) is 84.5. The first-order valence-corrected chi connectivity index (χ1v) is 39.6. The van der Waals surface area contributed by atoms with Gasteiger partial charge in [0.1, 0.15) is 19.8 Å². The van der Waals surface area contributed by atoms with Crippen molar-refractivity contribution in [3.8, 4) is 0 Å². The summed E-state index contributed by atoms with van der Waals surface area (Å²) < 4.78 is 34.8. The van der Waals surface area contributed by atoms with Crippen LogP contribution in [0.15, 0.2) is 24.3 Å². The summed E-state index contributed by atoms with van der Waals surface area (Å²) in [5.74, 6) is -0.775. The summed E-state index contributed by atoms with van der Waals surface area (Å²) in [7, 11) is 1.50. The van der Waals surface area contributed by atoms with E-state index >= 15 is 0 Å². The van der Waals surface area contributed by atoms with E-state index < -0.39 is 26.5 Å². The topological polar surface area (TPSA) is 108 Å². The molecular weight excluding hydrogens is 1090 g/mol. The Kier molecular flexibility index (Phi) is 66.7. The van der Waals surface area contributed by atoms with Gasteiger partial charge in [-0.1, -0.05) is 366 Å². The molecule has 0 fully saturated rings. The fourth-order valence-corrected chi connectivity index (χ4v) is 12.4. The van der Waals surface area contributed by atoms with E-state index in [-0.39, 0.29) is 25.6 Å². The van der Waals surface area contributed by atoms with E-state index in [1.54, 1.807) is 0 Å². The standard InChI is InChI=1S/C76H148NO8P/c1-6-8-10-12-14-16-18-20-22-24-26-28-30-32-33-34-35-36-37-38-39-40-41-42-43-45-46-48-50-52-54-56-58-60-62-64-66-68-75(78)82-72-74(73-84-86(80,81)83-71-70-77(3,4)5)85-76(79)69-67-65-63-61-59-57-55-53-51-49-47-44-31-29-27-25-23-21-19-17-15-13-11-9-7-2/h19,21,25,27,74H,6-18,20,22-24,26,28-73H2,1-5H3/p+1/b21-19-,27-25-. The molecule has 0 rings (SSSR count). The normalized spacial score (nSPS) is 13.1. The summed E-state index contributed by atoms with van der Waals surface area (Å²) in [5.41, 5.74) is 0. The molecule has 86 heavy (non-hydrogen) atoms. The third-order valence-electron chi connectivity index (χ3n) is 17.5. The van der Waals surface area contributed by atoms with E-state index in [9.17, 15) is 19.0 Å². The van der Waals surface area contributed by atoms with Gasteiger partial charge in [0.2, 0.25) is 0 Å². The highest BCUT2D eigenvalue weighted by molar-refractivity contribution is 7.47. The Bertz CT molecular complexity index is 1500. The molecule has 510 valence electrons. The minimum Gasteiger partial charge on any atom is -0.462 e. The lowest BCUT2D eigenvalue weighted by atomic mass is 10.0. The molecule has 10 heteroatoms. The van der Waals surface area contributed by atoms with Crippen molar-refractivity contribution in [2.75, 3.05) is 47.5 Å². The molecular formula is C76H149NO8P+. The Labute approximate surface area is 536 Å². The van der Waals surface area contributed by atoms with Crippen LogP contribution < -0.4 is 0 Å². The largest absolute Gasteiger partial charge is 0.472 e. The van der Waals surface area contributed by atoms with E-state index in [1.165, 1.54) is 327 Å². The van der Waals surface area contributed by atoms with Crippen molar-refractivity contribution < 1.29 is 42.1 Å². The number of allylic oxidation sites excluding steroid dienone is 4. The molecule has 0 aliphatic carbocycles. The van der Waals surface area contributed by atoms with E-state index in [2.05, 4.69) is 38.2 Å². The maximum Gasteiger partial charge on any atom is 0.472 e. The number of nitrogens with zero attached hydrogens (tertiary/aromatic N) is 1. The Morgan fingerprint density at radius 1 is 0.360 bits per heavy atom. The fraction of sp³-hybridized carbons (Fsp3) is 0.921. The second kappa shape index (κ2) is 67.9. The van der Waals surface area contributed by atoms with Gasteiger partial charge < -0.3 is 18.9 Å². The van der Waals surface area contributed by atoms with Gasteiger partial charge in [0.05, 0.1) is 27.7 Å². The molecule has 0 aliphatic heterocycles. The van der Waals surface area contributed by atoms with Crippen LogP contribution in [0, 0.1) is 0 Å². The number of unbranched alkanes of at least 4 members (excludes halogenated alkanes) is 54. The molecule has 0 aromatic heterocycles. The molecule has 9 nitrogen and oxygen atoms in total. The predicted octanol–water partition coefficient (Wildman–Crippen LogP) is 24.8. The highest BCUT2D eigenvalue weighted by Gasteiger charge is 2.27. The van der Waals surface area contributed by atoms with Crippen LogP contribution >= 0.6 is 7.82 Å². The van der Waals surface area contributed by atoms with Gasteiger partial charge in [-0.3, -0.25) is 18.6 Å². The number of phosphoric acid groups is 1. The van der Waals surface area contributed by atoms with Crippen LogP contribution in [0.5, 0.6) is 0 Å². The molecule has 0 aromatic carbocycles. The molecule has 0 saturated heterocycles. The van der Waals surface area contributed by atoms with Gasteiger partial charge in [0.25, 0.3) is 0 Å². The number of phosphoric ester groups is 1. The third kappa shape index (κ3) is 71.6. The van der Waals surface area contributed by atoms with Gasteiger partial charge in [0.15, 0.2) is 6.10 Å². The molecule has 0 aromatic rings. The summed E-state index contributed by atoms with van der Waals surface area (Å²) >= 11 is 0. The minimum atomic E-state index is -4.39. The Hall–Kier alpha value is -1.51.